The number of rotatable bonds is 8. The van der Waals surface area contributed by atoms with Crippen molar-refractivity contribution in [1.82, 2.24) is 14.8 Å². The van der Waals surface area contributed by atoms with Gasteiger partial charge in [-0.1, -0.05) is 66.4 Å². The van der Waals surface area contributed by atoms with Gasteiger partial charge in [-0.15, -0.1) is 0 Å². The summed E-state index contributed by atoms with van der Waals surface area (Å²) >= 11 is 1.28. The minimum Gasteiger partial charge on any atom is -0.445 e. The van der Waals surface area contributed by atoms with Crippen LogP contribution in [-0.4, -0.2) is 50.4 Å². The Bertz CT molecular complexity index is 1700. The second-order valence-electron chi connectivity index (χ2n) is 10.6. The van der Waals surface area contributed by atoms with Gasteiger partial charge in [0, 0.05) is 18.4 Å². The summed E-state index contributed by atoms with van der Waals surface area (Å²) in [6.45, 7) is 0.801. The predicted octanol–water partition coefficient (Wildman–Crippen LogP) is 6.46. The van der Waals surface area contributed by atoms with Crippen LogP contribution in [0.4, 0.5) is 20.6 Å². The van der Waals surface area contributed by atoms with E-state index >= 15 is 0 Å². The van der Waals surface area contributed by atoms with Gasteiger partial charge in [0.1, 0.15) is 23.7 Å². The monoisotopic (exact) mass is 623 g/mol. The number of aromatic nitrogens is 1. The number of thioether (sulfide) groups is 1. The van der Waals surface area contributed by atoms with E-state index in [0.717, 1.165) is 11.1 Å². The Hall–Kier alpha value is -5.03. The third kappa shape index (κ3) is 7.21. The van der Waals surface area contributed by atoms with Crippen molar-refractivity contribution in [2.24, 2.45) is 4.99 Å². The second-order valence-corrected chi connectivity index (χ2v) is 11.7. The number of carbonyl (C=O) groups excluding carboxylic acids is 3. The number of nitrogens with zero attached hydrogens (tertiary/aromatic N) is 4. The van der Waals surface area contributed by atoms with E-state index in [1.807, 2.05) is 42.5 Å². The first-order valence-electron chi connectivity index (χ1n) is 14.5. The molecule has 1 N–H and O–H groups in total. The molecule has 0 spiro atoms. The summed E-state index contributed by atoms with van der Waals surface area (Å²) in [4.78, 5) is 51.6. The molecule has 4 aromatic rings. The van der Waals surface area contributed by atoms with Crippen molar-refractivity contribution in [3.05, 3.63) is 126 Å². The van der Waals surface area contributed by atoms with Crippen molar-refractivity contribution in [3.63, 3.8) is 0 Å². The highest BCUT2D eigenvalue weighted by molar-refractivity contribution is 8.15. The molecule has 3 aromatic carbocycles. The molecule has 2 aliphatic rings. The number of halogens is 1. The molecule has 2 aliphatic heterocycles. The average molecular weight is 624 g/mol. The zero-order valence-corrected chi connectivity index (χ0v) is 25.0. The van der Waals surface area contributed by atoms with E-state index in [9.17, 15) is 18.8 Å². The van der Waals surface area contributed by atoms with Gasteiger partial charge < -0.3 is 10.1 Å². The van der Waals surface area contributed by atoms with Crippen molar-refractivity contribution in [3.8, 4) is 0 Å². The smallest absolute Gasteiger partial charge is 0.410 e. The number of hydrogen-bond donors (Lipinski definition) is 1. The zero-order valence-electron chi connectivity index (χ0n) is 24.2. The Morgan fingerprint density at radius 3 is 2.56 bits per heavy atom. The molecule has 11 heteroatoms. The van der Waals surface area contributed by atoms with Gasteiger partial charge in [-0.25, -0.2) is 14.2 Å². The first-order valence-corrected chi connectivity index (χ1v) is 15.4. The predicted molar refractivity (Wildman–Crippen MR) is 170 cm³/mol. The van der Waals surface area contributed by atoms with Gasteiger partial charge in [-0.2, -0.15) is 0 Å². The van der Waals surface area contributed by atoms with E-state index in [0.29, 0.717) is 41.6 Å². The van der Waals surface area contributed by atoms with Crippen LogP contribution in [0.5, 0.6) is 0 Å². The minimum atomic E-state index is -0.637. The summed E-state index contributed by atoms with van der Waals surface area (Å²) in [5, 5.41) is 2.76. The van der Waals surface area contributed by atoms with Crippen LogP contribution in [0.1, 0.15) is 34.9 Å². The highest BCUT2D eigenvalue weighted by Crippen LogP contribution is 2.41. The number of hydrogen-bond acceptors (Lipinski definition) is 7. The molecule has 0 bridgehead atoms. The molecule has 9 nitrogen and oxygen atoms in total. The van der Waals surface area contributed by atoms with Gasteiger partial charge in [-0.05, 0) is 66.4 Å². The molecule has 0 aliphatic carbocycles. The lowest BCUT2D eigenvalue weighted by Gasteiger charge is -2.23. The maximum atomic E-state index is 13.9. The Kier molecular flexibility index (Phi) is 9.16. The fraction of sp³-hybridized carbons (Fsp3) is 0.206. The Morgan fingerprint density at radius 2 is 1.80 bits per heavy atom. The van der Waals surface area contributed by atoms with E-state index in [1.54, 1.807) is 53.6 Å². The van der Waals surface area contributed by atoms with Crippen molar-refractivity contribution in [2.45, 2.75) is 37.3 Å². The van der Waals surface area contributed by atoms with Gasteiger partial charge in [0.2, 0.25) is 11.8 Å². The van der Waals surface area contributed by atoms with E-state index in [-0.39, 0.29) is 25.0 Å². The lowest BCUT2D eigenvalue weighted by atomic mass is 10.1. The molecular weight excluding hydrogens is 593 g/mol. The number of nitrogens with one attached hydrogen (secondary N) is 1. The Labute approximate surface area is 264 Å². The van der Waals surface area contributed by atoms with Crippen LogP contribution in [0.3, 0.4) is 0 Å². The normalized spacial score (nSPS) is 18.8. The summed E-state index contributed by atoms with van der Waals surface area (Å²) in [5.74, 6) is -0.885. The van der Waals surface area contributed by atoms with Crippen molar-refractivity contribution in [2.75, 3.05) is 11.9 Å². The number of anilines is 1. The maximum absolute atomic E-state index is 13.9. The molecule has 228 valence electrons. The standard InChI is InChI=1S/C34H30FN5O4S/c35-25-10-6-12-27(20-25)38-33-40(21-28-11-4-5-18-36-28)32(42)30(45-33)24-14-16-26(17-15-24)37-31(41)29-13-7-19-39(29)34(43)44-22-23-8-2-1-3-9-23/h1-6,8-12,14-18,20,29-30H,7,13,19,21-22H2,(H,37,41)/t29-,30?/m0/s1. The lowest BCUT2D eigenvalue weighted by molar-refractivity contribution is -0.126. The molecular formula is C34H30FN5O4S. The fourth-order valence-corrected chi connectivity index (χ4v) is 6.41. The van der Waals surface area contributed by atoms with E-state index in [1.165, 1.54) is 28.8 Å². The number of benzene rings is 3. The molecule has 2 atom stereocenters. The summed E-state index contributed by atoms with van der Waals surface area (Å²) in [5.41, 5.74) is 3.24. The van der Waals surface area contributed by atoms with Gasteiger partial charge >= 0.3 is 6.09 Å². The van der Waals surface area contributed by atoms with Crippen molar-refractivity contribution >= 4 is 46.2 Å². The van der Waals surface area contributed by atoms with Crippen LogP contribution in [0.2, 0.25) is 0 Å². The number of likely N-dealkylation sites (tertiary alicyclic amines) is 1. The molecule has 2 fully saturated rings. The first-order chi connectivity index (χ1) is 21.9. The number of pyridine rings is 1. The van der Waals surface area contributed by atoms with Crippen LogP contribution < -0.4 is 5.32 Å². The number of ether oxygens (including phenoxy) is 1. The summed E-state index contributed by atoms with van der Waals surface area (Å²) < 4.78 is 19.3. The quantitative estimate of drug-likeness (QED) is 0.242. The molecule has 2 saturated heterocycles. The van der Waals surface area contributed by atoms with Crippen molar-refractivity contribution in [1.29, 1.82) is 0 Å². The van der Waals surface area contributed by atoms with E-state index in [4.69, 9.17) is 4.74 Å². The average Bonchev–Trinajstić information content (AvgIpc) is 3.67. The number of carbonyl (C=O) groups is 3. The summed E-state index contributed by atoms with van der Waals surface area (Å²) in [6.07, 6.45) is 2.38. The third-order valence-corrected chi connectivity index (χ3v) is 8.73. The summed E-state index contributed by atoms with van der Waals surface area (Å²) in [6, 6.07) is 27.2. The maximum Gasteiger partial charge on any atom is 0.410 e. The first kappa shape index (κ1) is 30.0. The van der Waals surface area contributed by atoms with Gasteiger partial charge in [0.25, 0.3) is 0 Å². The van der Waals surface area contributed by atoms with Gasteiger partial charge in [0.15, 0.2) is 5.17 Å². The highest BCUT2D eigenvalue weighted by atomic mass is 32.2. The SMILES string of the molecule is O=C(Nc1ccc(C2SC(=Nc3cccc(F)c3)N(Cc3ccccn3)C2=O)cc1)[C@@H]1CCCN1C(=O)OCc1ccccc1. The molecule has 3 heterocycles. The van der Waals surface area contributed by atoms with Crippen LogP contribution in [0.25, 0.3) is 0 Å². The molecule has 6 rings (SSSR count). The Balaban J connectivity index is 1.13. The van der Waals surface area contributed by atoms with Crippen molar-refractivity contribution < 1.29 is 23.5 Å². The summed E-state index contributed by atoms with van der Waals surface area (Å²) in [7, 11) is 0. The number of amidine groups is 1. The van der Waals surface area contributed by atoms with E-state index in [2.05, 4.69) is 15.3 Å². The van der Waals surface area contributed by atoms with Crippen LogP contribution in [0, 0.1) is 5.82 Å². The third-order valence-electron chi connectivity index (χ3n) is 7.50. The number of aliphatic imine (C=N–C) groups is 1. The molecule has 45 heavy (non-hydrogen) atoms. The number of amides is 3. The fourth-order valence-electron chi connectivity index (χ4n) is 5.23. The molecule has 3 amide bonds. The topological polar surface area (TPSA) is 104 Å². The minimum absolute atomic E-state index is 0.137. The van der Waals surface area contributed by atoms with Crippen LogP contribution >= 0.6 is 11.8 Å². The van der Waals surface area contributed by atoms with E-state index < -0.39 is 23.2 Å². The molecule has 0 saturated carbocycles. The second kappa shape index (κ2) is 13.7. The van der Waals surface area contributed by atoms with Crippen LogP contribution in [0.15, 0.2) is 108 Å². The van der Waals surface area contributed by atoms with Gasteiger partial charge in [-0.3, -0.25) is 24.4 Å². The largest absolute Gasteiger partial charge is 0.445 e. The highest BCUT2D eigenvalue weighted by Gasteiger charge is 2.39. The molecule has 0 radical (unpaired) electrons. The van der Waals surface area contributed by atoms with Gasteiger partial charge in [0.05, 0.1) is 17.9 Å². The lowest BCUT2D eigenvalue weighted by Crippen LogP contribution is -2.43. The molecule has 1 unspecified atom stereocenters. The zero-order chi connectivity index (χ0) is 31.2. The Morgan fingerprint density at radius 1 is 1.00 bits per heavy atom. The van der Waals surface area contributed by atoms with Crippen LogP contribution in [-0.2, 0) is 27.5 Å². The molecule has 1 aromatic heterocycles.